The zero-order valence-corrected chi connectivity index (χ0v) is 9.71. The first kappa shape index (κ1) is 10.6. The molecule has 2 aromatic carbocycles. The molecule has 0 bridgehead atoms. The van der Waals surface area contributed by atoms with Crippen molar-refractivity contribution in [3.8, 4) is 11.3 Å². The van der Waals surface area contributed by atoms with Crippen LogP contribution in [0.25, 0.3) is 22.2 Å². The Morgan fingerprint density at radius 2 is 1.56 bits per heavy atom. The minimum atomic E-state index is 0.768. The summed E-state index contributed by atoms with van der Waals surface area (Å²) in [6.45, 7) is 0. The Hall–Kier alpha value is -2.55. The third kappa shape index (κ3) is 2.11. The molecule has 0 saturated heterocycles. The van der Waals surface area contributed by atoms with E-state index in [0.29, 0.717) is 0 Å². The van der Waals surface area contributed by atoms with Gasteiger partial charge in [0.15, 0.2) is 5.58 Å². The molecule has 0 fully saturated rings. The molecule has 3 aromatic rings. The second kappa shape index (κ2) is 4.75. The topological polar surface area (TPSA) is 41.8 Å². The van der Waals surface area contributed by atoms with E-state index in [-0.39, 0.29) is 0 Å². The minimum Gasteiger partial charge on any atom is -0.365 e. The van der Waals surface area contributed by atoms with Crippen molar-refractivity contribution in [3.05, 3.63) is 66.7 Å². The van der Waals surface area contributed by atoms with Gasteiger partial charge in [-0.1, -0.05) is 48.5 Å². The summed E-state index contributed by atoms with van der Waals surface area (Å²) in [5.41, 5.74) is 2.65. The molecule has 0 radical (unpaired) electrons. The van der Waals surface area contributed by atoms with Crippen LogP contribution in [0.2, 0.25) is 0 Å². The van der Waals surface area contributed by atoms with Gasteiger partial charge < -0.3 is 4.52 Å². The highest BCUT2D eigenvalue weighted by Crippen LogP contribution is 2.16. The number of hydrogen-bond donors (Lipinski definition) is 1. The summed E-state index contributed by atoms with van der Waals surface area (Å²) in [5, 5.41) is 7.86. The van der Waals surface area contributed by atoms with Crippen LogP contribution in [-0.4, -0.2) is 10.4 Å². The van der Waals surface area contributed by atoms with Crippen molar-refractivity contribution >= 4 is 11.0 Å². The van der Waals surface area contributed by atoms with Crippen molar-refractivity contribution in [2.24, 2.45) is 0 Å². The van der Waals surface area contributed by atoms with Gasteiger partial charge in [0.25, 0.3) is 0 Å². The second-order valence-electron chi connectivity index (χ2n) is 3.93. The standard InChI is InChI=1S/C15H12N2O/c1-2-6-12(7-3-1)14-11-10-13-8-4-5-9-15(13)18-17-16-14/h1-11,17H. The number of H-pyrrole nitrogens is 1. The summed E-state index contributed by atoms with van der Waals surface area (Å²) in [6, 6.07) is 21.8. The summed E-state index contributed by atoms with van der Waals surface area (Å²) in [5.74, 6) is 0. The van der Waals surface area contributed by atoms with Gasteiger partial charge in [0.1, 0.15) is 0 Å². The summed E-state index contributed by atoms with van der Waals surface area (Å²) < 4.78 is 5.39. The van der Waals surface area contributed by atoms with Crippen LogP contribution in [0.3, 0.4) is 0 Å². The molecular weight excluding hydrogens is 224 g/mol. The maximum atomic E-state index is 5.39. The maximum absolute atomic E-state index is 5.39. The van der Waals surface area contributed by atoms with Crippen molar-refractivity contribution in [1.82, 2.24) is 10.4 Å². The highest BCUT2D eigenvalue weighted by Gasteiger charge is 1.96. The van der Waals surface area contributed by atoms with Gasteiger partial charge in [0.2, 0.25) is 0 Å². The second-order valence-corrected chi connectivity index (χ2v) is 3.93. The van der Waals surface area contributed by atoms with Crippen LogP contribution in [0.1, 0.15) is 0 Å². The number of nitrogens with one attached hydrogen (secondary N) is 1. The molecule has 0 atom stereocenters. The average Bonchev–Trinajstić information content (AvgIpc) is 2.41. The molecule has 0 aliphatic carbocycles. The Bertz CT molecular complexity index is 696. The van der Waals surface area contributed by atoms with E-state index < -0.39 is 0 Å². The van der Waals surface area contributed by atoms with Crippen molar-refractivity contribution in [2.75, 3.05) is 0 Å². The van der Waals surface area contributed by atoms with E-state index in [2.05, 4.69) is 10.4 Å². The predicted molar refractivity (Wildman–Crippen MR) is 71.4 cm³/mol. The van der Waals surface area contributed by atoms with Crippen molar-refractivity contribution in [1.29, 1.82) is 0 Å². The summed E-state index contributed by atoms with van der Waals surface area (Å²) in [6.07, 6.45) is 0. The van der Waals surface area contributed by atoms with E-state index >= 15 is 0 Å². The largest absolute Gasteiger partial charge is 0.365 e. The van der Waals surface area contributed by atoms with Gasteiger partial charge in [0.05, 0.1) is 5.69 Å². The molecule has 18 heavy (non-hydrogen) atoms. The van der Waals surface area contributed by atoms with E-state index in [1.807, 2.05) is 66.7 Å². The quantitative estimate of drug-likeness (QED) is 0.695. The smallest absolute Gasteiger partial charge is 0.164 e. The van der Waals surface area contributed by atoms with Crippen LogP contribution in [0.5, 0.6) is 0 Å². The molecule has 3 heteroatoms. The first-order chi connectivity index (χ1) is 8.93. The van der Waals surface area contributed by atoms with Gasteiger partial charge in [-0.2, -0.15) is 0 Å². The maximum Gasteiger partial charge on any atom is 0.164 e. The van der Waals surface area contributed by atoms with Crippen LogP contribution in [0.4, 0.5) is 0 Å². The molecule has 0 saturated carbocycles. The predicted octanol–water partition coefficient (Wildman–Crippen LogP) is 3.95. The number of aromatic amines is 1. The Balaban J connectivity index is 2.19. The molecule has 0 unspecified atom stereocenters. The lowest BCUT2D eigenvalue weighted by Gasteiger charge is -1.98. The molecule has 1 N–H and O–H groups in total. The van der Waals surface area contributed by atoms with Crippen LogP contribution in [0.15, 0.2) is 71.3 Å². The number of hydrogen-bond acceptors (Lipinski definition) is 2. The fraction of sp³-hybridized carbons (Fsp3) is 0. The van der Waals surface area contributed by atoms with E-state index in [0.717, 1.165) is 22.2 Å². The fourth-order valence-corrected chi connectivity index (χ4v) is 1.81. The highest BCUT2D eigenvalue weighted by molar-refractivity contribution is 5.76. The normalized spacial score (nSPS) is 10.2. The number of nitrogens with zero attached hydrogens (tertiary/aromatic N) is 1. The zero-order chi connectivity index (χ0) is 12.2. The van der Waals surface area contributed by atoms with E-state index in [1.54, 1.807) is 0 Å². The monoisotopic (exact) mass is 236 g/mol. The third-order valence-electron chi connectivity index (χ3n) is 2.73. The number of rotatable bonds is 1. The molecule has 88 valence electrons. The fourth-order valence-electron chi connectivity index (χ4n) is 1.81. The van der Waals surface area contributed by atoms with E-state index in [4.69, 9.17) is 4.52 Å². The lowest BCUT2D eigenvalue weighted by atomic mass is 10.1. The van der Waals surface area contributed by atoms with Gasteiger partial charge in [-0.05, 0) is 18.2 Å². The van der Waals surface area contributed by atoms with Crippen molar-refractivity contribution in [3.63, 3.8) is 0 Å². The van der Waals surface area contributed by atoms with Crippen LogP contribution < -0.4 is 0 Å². The number of fused-ring (bicyclic) bond motifs is 1. The Morgan fingerprint density at radius 1 is 0.778 bits per heavy atom. The molecule has 0 amide bonds. The van der Waals surface area contributed by atoms with Gasteiger partial charge in [-0.25, -0.2) is 0 Å². The van der Waals surface area contributed by atoms with Crippen LogP contribution in [-0.2, 0) is 0 Å². The van der Waals surface area contributed by atoms with Gasteiger partial charge in [-0.3, -0.25) is 0 Å². The van der Waals surface area contributed by atoms with Gasteiger partial charge in [-0.15, -0.1) is 10.4 Å². The summed E-state index contributed by atoms with van der Waals surface area (Å²) in [7, 11) is 0. The molecule has 0 aliphatic heterocycles. The van der Waals surface area contributed by atoms with Gasteiger partial charge in [0, 0.05) is 10.9 Å². The summed E-state index contributed by atoms with van der Waals surface area (Å²) >= 11 is 0. The SMILES string of the molecule is c1ccc(-c2ccc3ccccc3o[nH]n2)cc1. The molecule has 3 rings (SSSR count). The van der Waals surface area contributed by atoms with Crippen LogP contribution >= 0.6 is 0 Å². The Kier molecular flexibility index (Phi) is 2.80. The van der Waals surface area contributed by atoms with E-state index in [9.17, 15) is 0 Å². The van der Waals surface area contributed by atoms with Crippen LogP contribution in [0, 0.1) is 0 Å². The Morgan fingerprint density at radius 3 is 2.44 bits per heavy atom. The molecule has 3 nitrogen and oxygen atoms in total. The summed E-state index contributed by atoms with van der Waals surface area (Å²) in [4.78, 5) is 0. The molecule has 0 aliphatic rings. The first-order valence-electron chi connectivity index (χ1n) is 5.75. The highest BCUT2D eigenvalue weighted by atomic mass is 16.5. The molecule has 1 aromatic heterocycles. The molecular formula is C15H12N2O. The van der Waals surface area contributed by atoms with Crippen molar-refractivity contribution in [2.45, 2.75) is 0 Å². The zero-order valence-electron chi connectivity index (χ0n) is 9.71. The Labute approximate surface area is 104 Å². The van der Waals surface area contributed by atoms with Gasteiger partial charge >= 0.3 is 0 Å². The number of benzene rings is 2. The van der Waals surface area contributed by atoms with E-state index in [1.165, 1.54) is 0 Å². The third-order valence-corrected chi connectivity index (χ3v) is 2.73. The minimum absolute atomic E-state index is 0.768. The lowest BCUT2D eigenvalue weighted by molar-refractivity contribution is 0.404. The molecule has 0 spiro atoms. The lowest BCUT2D eigenvalue weighted by Crippen LogP contribution is -1.83. The number of para-hydroxylation sites is 1. The molecule has 1 heterocycles. The first-order valence-corrected chi connectivity index (χ1v) is 5.75. The number of aromatic nitrogens is 2. The van der Waals surface area contributed by atoms with Crippen molar-refractivity contribution < 1.29 is 4.52 Å². The average molecular weight is 236 g/mol.